The van der Waals surface area contributed by atoms with Gasteiger partial charge < -0.3 is 9.97 Å². The number of hydrogen-bond donors (Lipinski definition) is 2. The molecule has 0 atom stereocenters. The molecule has 0 radical (unpaired) electrons. The van der Waals surface area contributed by atoms with E-state index in [9.17, 15) is 0 Å². The van der Waals surface area contributed by atoms with Crippen LogP contribution in [0.25, 0.3) is 46.4 Å². The maximum absolute atomic E-state index is 4.76. The Kier molecular flexibility index (Phi) is 8.32. The molecule has 2 N–H and O–H groups in total. The predicted molar refractivity (Wildman–Crippen MR) is 194 cm³/mol. The van der Waals surface area contributed by atoms with Gasteiger partial charge in [0.2, 0.25) is 0 Å². The maximum atomic E-state index is 4.76. The normalized spacial score (nSPS) is 11.6. The van der Waals surface area contributed by atoms with Crippen molar-refractivity contribution < 1.29 is 14.8 Å². The molecule has 0 fully saturated rings. The fraction of sp³-hybridized carbons (Fsp3) is 0. The number of fused-ring (bicyclic) bond motifs is 8. The summed E-state index contributed by atoms with van der Waals surface area (Å²) >= 11 is -3.88. The van der Waals surface area contributed by atoms with E-state index in [1.807, 2.05) is 122 Å². The van der Waals surface area contributed by atoms with Crippen molar-refractivity contribution in [2.75, 3.05) is 0 Å². The van der Waals surface area contributed by atoms with Crippen LogP contribution in [0.1, 0.15) is 22.8 Å². The average molecular weight is 688 g/mol. The summed E-state index contributed by atoms with van der Waals surface area (Å²) in [6.07, 6.45) is 15.5. The Bertz CT molecular complexity index is 2100. The van der Waals surface area contributed by atoms with Gasteiger partial charge in [-0.05, 0) is 72.8 Å². The summed E-state index contributed by atoms with van der Waals surface area (Å²) in [5.41, 5.74) is 7.86. The summed E-state index contributed by atoms with van der Waals surface area (Å²) in [6, 6.07) is 40.6. The molecule has 8 bridgehead atoms. The molecule has 8 nitrogen and oxygen atoms in total. The van der Waals surface area contributed by atoms with Crippen molar-refractivity contribution in [1.29, 1.82) is 0 Å². The summed E-state index contributed by atoms with van der Waals surface area (Å²) in [5, 5.41) is 0. The van der Waals surface area contributed by atoms with E-state index in [2.05, 4.69) is 68.5 Å². The van der Waals surface area contributed by atoms with Crippen molar-refractivity contribution in [3.63, 3.8) is 0 Å². The van der Waals surface area contributed by atoms with Crippen LogP contribution < -0.4 is 17.2 Å². The number of pyridine rings is 4. The third kappa shape index (κ3) is 6.40. The van der Waals surface area contributed by atoms with Crippen molar-refractivity contribution >= 4 is 63.5 Å². The van der Waals surface area contributed by atoms with E-state index in [4.69, 9.17) is 19.9 Å². The van der Waals surface area contributed by atoms with Gasteiger partial charge in [-0.2, -0.15) is 0 Å². The first-order valence-corrected chi connectivity index (χ1v) is 22.3. The molecule has 9 rings (SSSR count). The quantitative estimate of drug-likeness (QED) is 0.231. The van der Waals surface area contributed by atoms with Gasteiger partial charge >= 0.3 is 149 Å². The zero-order valence-corrected chi connectivity index (χ0v) is 29.5. The van der Waals surface area contributed by atoms with Gasteiger partial charge in [0.05, 0.1) is 22.8 Å². The van der Waals surface area contributed by atoms with Crippen molar-refractivity contribution in [3.05, 3.63) is 169 Å². The van der Waals surface area contributed by atoms with Crippen molar-refractivity contribution in [2.24, 2.45) is 0 Å². The van der Waals surface area contributed by atoms with E-state index in [1.165, 1.54) is 0 Å². The van der Waals surface area contributed by atoms with Crippen LogP contribution in [-0.2, 0) is 14.8 Å². The Balaban J connectivity index is 0.000000142. The molecule has 0 aromatic carbocycles. The van der Waals surface area contributed by atoms with Crippen LogP contribution in [0.2, 0.25) is 0 Å². The van der Waals surface area contributed by atoms with E-state index in [1.54, 1.807) is 0 Å². The standard InChI is InChI=1S/C20H14N4.4C5H4N.Zn/c1-2-14-10-16-5-6-18(23-16)12-20-8-7-19(24-20)11-17-4-3-15(22-17)9-13(1)21-14;4*1-2-4-6-5-3-1;/h1-12,21,24H;4*1-4H;. The zero-order valence-electron chi connectivity index (χ0n) is 26.6. The summed E-state index contributed by atoms with van der Waals surface area (Å²) in [5.74, 6) is 0. The number of nitrogens with zero attached hydrogens (tertiary/aromatic N) is 6. The Morgan fingerprint density at radius 2 is 0.633 bits per heavy atom. The van der Waals surface area contributed by atoms with Crippen LogP contribution in [0, 0.1) is 0 Å². The first-order valence-electron chi connectivity index (χ1n) is 16.3. The summed E-state index contributed by atoms with van der Waals surface area (Å²) in [7, 11) is 0. The minimum absolute atomic E-state index is 0.939. The molecule has 232 valence electrons. The van der Waals surface area contributed by atoms with E-state index in [0.717, 1.165) is 62.0 Å². The molecule has 7 aromatic rings. The van der Waals surface area contributed by atoms with Gasteiger partial charge in [0.1, 0.15) is 0 Å². The molecule has 9 heterocycles. The number of H-pyrrole nitrogens is 2. The first-order chi connectivity index (χ1) is 24.2. The van der Waals surface area contributed by atoms with Gasteiger partial charge in [-0.3, -0.25) is 0 Å². The van der Waals surface area contributed by atoms with Crippen LogP contribution >= 0.6 is 0 Å². The number of rotatable bonds is 4. The summed E-state index contributed by atoms with van der Waals surface area (Å²) in [6.45, 7) is 0. The third-order valence-electron chi connectivity index (χ3n) is 9.12. The molecule has 0 unspecified atom stereocenters. The topological polar surface area (TPSA) is 109 Å². The van der Waals surface area contributed by atoms with Crippen molar-refractivity contribution in [1.82, 2.24) is 39.9 Å². The van der Waals surface area contributed by atoms with E-state index in [0.29, 0.717) is 0 Å². The number of hydrogen-bond acceptors (Lipinski definition) is 6. The van der Waals surface area contributed by atoms with Gasteiger partial charge in [0.15, 0.2) is 0 Å². The zero-order chi connectivity index (χ0) is 32.9. The Morgan fingerprint density at radius 3 is 0.878 bits per heavy atom. The molecular weight excluding hydrogens is 658 g/mol. The van der Waals surface area contributed by atoms with Crippen LogP contribution in [0.15, 0.2) is 146 Å². The minimum atomic E-state index is -3.88. The Hall–Kier alpha value is -6.18. The predicted octanol–water partition coefficient (Wildman–Crippen LogP) is 5.68. The van der Waals surface area contributed by atoms with Crippen LogP contribution in [0.5, 0.6) is 0 Å². The molecular formula is C40H30N8Zn. The van der Waals surface area contributed by atoms with Crippen molar-refractivity contribution in [2.45, 2.75) is 0 Å². The van der Waals surface area contributed by atoms with Gasteiger partial charge in [-0.15, -0.1) is 0 Å². The van der Waals surface area contributed by atoms with Gasteiger partial charge in [0.25, 0.3) is 0 Å². The Labute approximate surface area is 285 Å². The fourth-order valence-electron chi connectivity index (χ4n) is 6.90. The SMILES string of the molecule is C1=Cc2cc3ccc(cc4nc(cc5ccc(cc1n2)[nH]5)C=C4)[nH]3.c1cc[c]([Zn]([c]2ccccn2)([c]2ccccn2)[c]2ccccn2)nc1. The number of nitrogens with one attached hydrogen (secondary N) is 2. The summed E-state index contributed by atoms with van der Waals surface area (Å²) in [4.78, 5) is 35.1. The molecule has 49 heavy (non-hydrogen) atoms. The number of aromatic nitrogens is 8. The second kappa shape index (κ2) is 13.5. The van der Waals surface area contributed by atoms with Crippen LogP contribution in [0.3, 0.4) is 0 Å². The monoisotopic (exact) mass is 686 g/mol. The van der Waals surface area contributed by atoms with Crippen LogP contribution in [0.4, 0.5) is 0 Å². The van der Waals surface area contributed by atoms with E-state index >= 15 is 0 Å². The molecule has 0 saturated heterocycles. The molecule has 7 aromatic heterocycles. The van der Waals surface area contributed by atoms with E-state index < -0.39 is 14.8 Å². The second-order valence-corrected chi connectivity index (χ2v) is 22.8. The summed E-state index contributed by atoms with van der Waals surface area (Å²) < 4.78 is 4.23. The third-order valence-corrected chi connectivity index (χ3v) is 21.8. The number of aromatic amines is 2. The van der Waals surface area contributed by atoms with E-state index in [-0.39, 0.29) is 0 Å². The Morgan fingerprint density at radius 1 is 0.347 bits per heavy atom. The molecule has 0 saturated carbocycles. The molecule has 2 aliphatic heterocycles. The van der Waals surface area contributed by atoms with Gasteiger partial charge in [-0.25, -0.2) is 9.97 Å². The fourth-order valence-corrected chi connectivity index (χ4v) is 18.9. The van der Waals surface area contributed by atoms with Crippen LogP contribution in [-0.4, -0.2) is 39.9 Å². The van der Waals surface area contributed by atoms with Gasteiger partial charge in [-0.1, -0.05) is 0 Å². The average Bonchev–Trinajstić information content (AvgIpc) is 3.98. The first kappa shape index (κ1) is 30.2. The second-order valence-electron chi connectivity index (χ2n) is 12.3. The molecule has 0 spiro atoms. The molecule has 0 amide bonds. The molecule has 2 aliphatic rings. The molecule has 0 aliphatic carbocycles. The molecule has 9 heteroatoms. The van der Waals surface area contributed by atoms with Crippen molar-refractivity contribution in [3.8, 4) is 0 Å². The van der Waals surface area contributed by atoms with Gasteiger partial charge in [0, 0.05) is 22.1 Å².